The number of carbonyl (C=O) groups excluding carboxylic acids is 1. The number of anilines is 1. The molecular formula is C25H31NO4S. The molecule has 2 aromatic rings. The lowest BCUT2D eigenvalue weighted by atomic mass is 10.1. The van der Waals surface area contributed by atoms with Crippen LogP contribution in [0.25, 0.3) is 12.2 Å². The van der Waals surface area contributed by atoms with Crippen molar-refractivity contribution in [3.63, 3.8) is 0 Å². The summed E-state index contributed by atoms with van der Waals surface area (Å²) in [4.78, 5) is 13.5. The lowest BCUT2D eigenvalue weighted by Crippen LogP contribution is -2.18. The van der Waals surface area contributed by atoms with Crippen LogP contribution in [0.1, 0.15) is 36.8 Å². The summed E-state index contributed by atoms with van der Waals surface area (Å²) in [7, 11) is -1.08. The second-order valence-corrected chi connectivity index (χ2v) is 9.49. The van der Waals surface area contributed by atoms with E-state index in [9.17, 15) is 13.2 Å². The van der Waals surface area contributed by atoms with Gasteiger partial charge in [0, 0.05) is 31.6 Å². The number of carbonyl (C=O) groups is 1. The minimum absolute atomic E-state index is 0.327. The Morgan fingerprint density at radius 1 is 0.935 bits per heavy atom. The van der Waals surface area contributed by atoms with Gasteiger partial charge < -0.3 is 9.64 Å². The molecule has 0 radical (unpaired) electrons. The third-order valence-electron chi connectivity index (χ3n) is 4.91. The maximum Gasteiger partial charge on any atom is 0.330 e. The van der Waals surface area contributed by atoms with Crippen LogP contribution in [0.5, 0.6) is 0 Å². The van der Waals surface area contributed by atoms with Crippen molar-refractivity contribution in [2.45, 2.75) is 30.6 Å². The fourth-order valence-corrected chi connectivity index (χ4v) is 3.65. The molecule has 0 aromatic heterocycles. The van der Waals surface area contributed by atoms with Crippen LogP contribution in [-0.4, -0.2) is 40.8 Å². The topological polar surface area (TPSA) is 63.7 Å². The number of rotatable bonds is 12. The number of nitrogens with zero attached hydrogens (tertiary/aromatic N) is 1. The first-order valence-electron chi connectivity index (χ1n) is 10.4. The van der Waals surface area contributed by atoms with E-state index in [2.05, 4.69) is 42.8 Å². The van der Waals surface area contributed by atoms with Crippen LogP contribution in [-0.2, 0) is 19.4 Å². The van der Waals surface area contributed by atoms with Gasteiger partial charge in [0.15, 0.2) is 9.84 Å². The van der Waals surface area contributed by atoms with Crippen LogP contribution < -0.4 is 4.90 Å². The van der Waals surface area contributed by atoms with Gasteiger partial charge in [0.1, 0.15) is 0 Å². The zero-order valence-electron chi connectivity index (χ0n) is 18.3. The summed E-state index contributed by atoms with van der Waals surface area (Å²) in [5.41, 5.74) is 3.20. The van der Waals surface area contributed by atoms with E-state index < -0.39 is 9.84 Å². The SMILES string of the molecule is C=CC(=O)OCCCCCCN(C)c1ccc(C=Cc2ccc(S(C)(=O)=O)cc2)cc1. The summed E-state index contributed by atoms with van der Waals surface area (Å²) < 4.78 is 28.0. The number of sulfone groups is 1. The van der Waals surface area contributed by atoms with Gasteiger partial charge in [-0.25, -0.2) is 13.2 Å². The second kappa shape index (κ2) is 12.1. The van der Waals surface area contributed by atoms with E-state index in [-0.39, 0.29) is 5.97 Å². The molecule has 2 rings (SSSR count). The van der Waals surface area contributed by atoms with Gasteiger partial charge in [0.2, 0.25) is 0 Å². The van der Waals surface area contributed by atoms with Crippen molar-refractivity contribution in [1.82, 2.24) is 0 Å². The minimum atomic E-state index is -3.17. The van der Waals surface area contributed by atoms with Crippen molar-refractivity contribution < 1.29 is 17.9 Å². The number of unbranched alkanes of at least 4 members (excludes halogenated alkanes) is 3. The Morgan fingerprint density at radius 3 is 2.03 bits per heavy atom. The minimum Gasteiger partial charge on any atom is -0.463 e. The van der Waals surface area contributed by atoms with E-state index in [4.69, 9.17) is 4.74 Å². The monoisotopic (exact) mass is 441 g/mol. The Hall–Kier alpha value is -2.86. The van der Waals surface area contributed by atoms with E-state index in [0.29, 0.717) is 11.5 Å². The summed E-state index contributed by atoms with van der Waals surface area (Å²) in [6, 6.07) is 15.2. The van der Waals surface area contributed by atoms with E-state index in [0.717, 1.165) is 49.0 Å². The predicted octanol–water partition coefficient (Wildman–Crippen LogP) is 4.99. The second-order valence-electron chi connectivity index (χ2n) is 7.47. The average Bonchev–Trinajstić information content (AvgIpc) is 2.76. The van der Waals surface area contributed by atoms with Crippen LogP contribution in [0.15, 0.2) is 66.1 Å². The molecule has 0 saturated heterocycles. The number of benzene rings is 2. The van der Waals surface area contributed by atoms with Crippen LogP contribution in [0.3, 0.4) is 0 Å². The van der Waals surface area contributed by atoms with Gasteiger partial charge in [-0.15, -0.1) is 0 Å². The lowest BCUT2D eigenvalue weighted by Gasteiger charge is -2.19. The van der Waals surface area contributed by atoms with Crippen molar-refractivity contribution in [1.29, 1.82) is 0 Å². The number of esters is 1. The van der Waals surface area contributed by atoms with Gasteiger partial charge in [-0.3, -0.25) is 0 Å². The Labute approximate surface area is 186 Å². The van der Waals surface area contributed by atoms with E-state index in [1.807, 2.05) is 12.2 Å². The van der Waals surface area contributed by atoms with Crippen LogP contribution in [0.4, 0.5) is 5.69 Å². The zero-order chi connectivity index (χ0) is 22.7. The quantitative estimate of drug-likeness (QED) is 0.201. The fourth-order valence-electron chi connectivity index (χ4n) is 3.02. The lowest BCUT2D eigenvalue weighted by molar-refractivity contribution is -0.137. The van der Waals surface area contributed by atoms with Crippen LogP contribution in [0, 0.1) is 0 Å². The Morgan fingerprint density at radius 2 is 1.48 bits per heavy atom. The summed E-state index contributed by atoms with van der Waals surface area (Å²) in [5.74, 6) is -0.358. The molecule has 5 nitrogen and oxygen atoms in total. The van der Waals surface area contributed by atoms with Crippen molar-refractivity contribution in [3.05, 3.63) is 72.3 Å². The first kappa shape index (κ1) is 24.4. The third-order valence-corrected chi connectivity index (χ3v) is 6.04. The molecule has 0 saturated carbocycles. The number of hydrogen-bond acceptors (Lipinski definition) is 5. The Balaban J connectivity index is 1.76. The molecule has 0 atom stereocenters. The highest BCUT2D eigenvalue weighted by Crippen LogP contribution is 2.17. The molecule has 0 heterocycles. The molecule has 0 aliphatic rings. The van der Waals surface area contributed by atoms with E-state index in [1.165, 1.54) is 12.3 Å². The van der Waals surface area contributed by atoms with Gasteiger partial charge in [0.25, 0.3) is 0 Å². The summed E-state index contributed by atoms with van der Waals surface area (Å²) >= 11 is 0. The molecule has 0 N–H and O–H groups in total. The molecule has 0 aliphatic carbocycles. The highest BCUT2D eigenvalue weighted by Gasteiger charge is 2.05. The molecule has 0 bridgehead atoms. The Bertz CT molecular complexity index is 977. The standard InChI is InChI=1S/C25H31NO4S/c1-4-25(27)30-20-8-6-5-7-19-26(2)23-15-11-21(12-16-23)9-10-22-13-17-24(18-14-22)31(3,28)29/h4,9-18H,1,5-8,19-20H2,2-3H3. The molecule has 0 amide bonds. The molecule has 6 heteroatoms. The largest absolute Gasteiger partial charge is 0.463 e. The maximum absolute atomic E-state index is 11.5. The van der Waals surface area contributed by atoms with Crippen molar-refractivity contribution in [2.75, 3.05) is 31.4 Å². The zero-order valence-corrected chi connectivity index (χ0v) is 19.1. The molecule has 0 aliphatic heterocycles. The maximum atomic E-state index is 11.5. The molecule has 0 spiro atoms. The highest BCUT2D eigenvalue weighted by atomic mass is 32.2. The van der Waals surface area contributed by atoms with E-state index >= 15 is 0 Å². The number of hydrogen-bond donors (Lipinski definition) is 0. The first-order chi connectivity index (χ1) is 14.8. The normalized spacial score (nSPS) is 11.4. The highest BCUT2D eigenvalue weighted by molar-refractivity contribution is 7.90. The van der Waals surface area contributed by atoms with Crippen molar-refractivity contribution >= 4 is 33.6 Å². The molecule has 166 valence electrons. The molecular weight excluding hydrogens is 410 g/mol. The number of ether oxygens (including phenoxy) is 1. The summed E-state index contributed by atoms with van der Waals surface area (Å²) in [6.45, 7) is 4.80. The third kappa shape index (κ3) is 8.80. The average molecular weight is 442 g/mol. The smallest absolute Gasteiger partial charge is 0.330 e. The fraction of sp³-hybridized carbons (Fsp3) is 0.320. The molecule has 31 heavy (non-hydrogen) atoms. The molecule has 2 aromatic carbocycles. The van der Waals surface area contributed by atoms with Gasteiger partial charge in [-0.05, 0) is 54.7 Å². The summed E-state index contributed by atoms with van der Waals surface area (Å²) in [6.07, 6.45) is 10.5. The van der Waals surface area contributed by atoms with Gasteiger partial charge in [0.05, 0.1) is 11.5 Å². The molecule has 0 unspecified atom stereocenters. The van der Waals surface area contributed by atoms with Crippen LogP contribution in [0.2, 0.25) is 0 Å². The predicted molar refractivity (Wildman–Crippen MR) is 128 cm³/mol. The van der Waals surface area contributed by atoms with Crippen LogP contribution >= 0.6 is 0 Å². The molecule has 0 fully saturated rings. The van der Waals surface area contributed by atoms with E-state index in [1.54, 1.807) is 24.3 Å². The van der Waals surface area contributed by atoms with Crippen molar-refractivity contribution in [2.24, 2.45) is 0 Å². The van der Waals surface area contributed by atoms with Gasteiger partial charge >= 0.3 is 5.97 Å². The Kier molecular flexibility index (Phi) is 9.53. The van der Waals surface area contributed by atoms with Gasteiger partial charge in [-0.2, -0.15) is 0 Å². The van der Waals surface area contributed by atoms with Gasteiger partial charge in [-0.1, -0.05) is 49.4 Å². The summed E-state index contributed by atoms with van der Waals surface area (Å²) in [5, 5.41) is 0. The van der Waals surface area contributed by atoms with Crippen molar-refractivity contribution in [3.8, 4) is 0 Å². The first-order valence-corrected chi connectivity index (χ1v) is 12.3.